The van der Waals surface area contributed by atoms with Crippen LogP contribution in [0.3, 0.4) is 0 Å². The number of carbonyl (C=O) groups is 2. The van der Waals surface area contributed by atoms with Gasteiger partial charge in [-0.25, -0.2) is 4.79 Å². The number of para-hydroxylation sites is 1. The van der Waals surface area contributed by atoms with Gasteiger partial charge in [0.1, 0.15) is 5.58 Å². The van der Waals surface area contributed by atoms with Gasteiger partial charge in [-0.1, -0.05) is 18.2 Å². The van der Waals surface area contributed by atoms with Gasteiger partial charge in [0.25, 0.3) is 5.91 Å². The lowest BCUT2D eigenvalue weighted by Crippen LogP contribution is -2.15. The molecule has 3 rings (SSSR count). The molecule has 6 heteroatoms. The van der Waals surface area contributed by atoms with E-state index < -0.39 is 11.9 Å². The highest BCUT2D eigenvalue weighted by Crippen LogP contribution is 2.26. The molecule has 2 N–H and O–H groups in total. The Kier molecular flexibility index (Phi) is 4.08. The average molecular weight is 421 g/mol. The van der Waals surface area contributed by atoms with Gasteiger partial charge in [0.2, 0.25) is 0 Å². The van der Waals surface area contributed by atoms with Gasteiger partial charge in [-0.2, -0.15) is 0 Å². The molecule has 0 saturated carbocycles. The quantitative estimate of drug-likeness (QED) is 0.619. The van der Waals surface area contributed by atoms with Gasteiger partial charge < -0.3 is 14.8 Å². The Hall–Kier alpha value is -2.35. The number of carbonyl (C=O) groups excluding carboxylic acids is 1. The van der Waals surface area contributed by atoms with Crippen molar-refractivity contribution < 1.29 is 19.1 Å². The van der Waals surface area contributed by atoms with Gasteiger partial charge in [0.15, 0.2) is 5.76 Å². The summed E-state index contributed by atoms with van der Waals surface area (Å²) in [7, 11) is 0. The number of aromatic carboxylic acids is 1. The third-order valence-corrected chi connectivity index (χ3v) is 4.18. The van der Waals surface area contributed by atoms with Gasteiger partial charge >= 0.3 is 5.97 Å². The number of hydrogen-bond acceptors (Lipinski definition) is 3. The van der Waals surface area contributed by atoms with Crippen molar-refractivity contribution in [2.75, 3.05) is 5.32 Å². The number of carboxylic acid groups (broad SMARTS) is 1. The largest absolute Gasteiger partial charge is 0.478 e. The van der Waals surface area contributed by atoms with Crippen LogP contribution in [0.1, 0.15) is 26.5 Å². The summed E-state index contributed by atoms with van der Waals surface area (Å²) in [6.45, 7) is 1.80. The second-order valence-electron chi connectivity index (χ2n) is 5.00. The Balaban J connectivity index is 1.98. The normalized spacial score (nSPS) is 10.7. The minimum atomic E-state index is -1.10. The number of fused-ring (bicyclic) bond motifs is 1. The third-order valence-electron chi connectivity index (χ3n) is 3.51. The standard InChI is InChI=1S/C17H12INO4/c1-9-11-4-2-3-5-14(11)23-15(9)16(20)19-13-7-6-10(18)8-12(13)17(21)22/h2-8H,1H3,(H,19,20)(H,21,22). The van der Waals surface area contributed by atoms with Crippen LogP contribution in [0, 0.1) is 10.5 Å². The monoisotopic (exact) mass is 421 g/mol. The summed E-state index contributed by atoms with van der Waals surface area (Å²) in [5.74, 6) is -1.39. The molecule has 3 aromatic rings. The van der Waals surface area contributed by atoms with Crippen LogP contribution in [0.25, 0.3) is 11.0 Å². The average Bonchev–Trinajstić information content (AvgIpc) is 2.86. The van der Waals surface area contributed by atoms with Crippen LogP contribution in [-0.2, 0) is 0 Å². The van der Waals surface area contributed by atoms with Crippen molar-refractivity contribution in [1.29, 1.82) is 0 Å². The minimum Gasteiger partial charge on any atom is -0.478 e. The smallest absolute Gasteiger partial charge is 0.337 e. The SMILES string of the molecule is Cc1c(C(=O)Nc2ccc(I)cc2C(=O)O)oc2ccccc12. The van der Waals surface area contributed by atoms with E-state index in [0.29, 0.717) is 5.58 Å². The summed E-state index contributed by atoms with van der Waals surface area (Å²) in [6.07, 6.45) is 0. The van der Waals surface area contributed by atoms with Crippen LogP contribution in [0.4, 0.5) is 5.69 Å². The molecule has 1 aromatic heterocycles. The molecule has 0 saturated heterocycles. The van der Waals surface area contributed by atoms with E-state index in [1.54, 1.807) is 25.1 Å². The van der Waals surface area contributed by atoms with Crippen molar-refractivity contribution in [2.45, 2.75) is 6.92 Å². The molecule has 1 amide bonds. The fraction of sp³-hybridized carbons (Fsp3) is 0.0588. The number of rotatable bonds is 3. The lowest BCUT2D eigenvalue weighted by atomic mass is 10.1. The van der Waals surface area contributed by atoms with Crippen molar-refractivity contribution in [3.05, 3.63) is 62.9 Å². The molecule has 0 radical (unpaired) electrons. The number of aryl methyl sites for hydroxylation is 1. The first kappa shape index (κ1) is 15.5. The van der Waals surface area contributed by atoms with Crippen LogP contribution in [0.15, 0.2) is 46.9 Å². The molecule has 0 atom stereocenters. The van der Waals surface area contributed by atoms with Crippen LogP contribution >= 0.6 is 22.6 Å². The number of benzene rings is 2. The van der Waals surface area contributed by atoms with Gasteiger partial charge in [-0.05, 0) is 53.8 Å². The molecule has 0 aliphatic rings. The van der Waals surface area contributed by atoms with E-state index in [1.807, 2.05) is 40.8 Å². The van der Waals surface area contributed by atoms with E-state index in [-0.39, 0.29) is 17.0 Å². The van der Waals surface area contributed by atoms with Crippen molar-refractivity contribution >= 4 is 51.1 Å². The lowest BCUT2D eigenvalue weighted by molar-refractivity contribution is 0.0698. The van der Waals surface area contributed by atoms with Crippen molar-refractivity contribution in [2.24, 2.45) is 0 Å². The molecule has 0 aliphatic heterocycles. The second-order valence-corrected chi connectivity index (χ2v) is 6.25. The molecule has 0 spiro atoms. The Labute approximate surface area is 145 Å². The van der Waals surface area contributed by atoms with E-state index in [1.165, 1.54) is 6.07 Å². The zero-order valence-corrected chi connectivity index (χ0v) is 14.2. The zero-order valence-electron chi connectivity index (χ0n) is 12.1. The van der Waals surface area contributed by atoms with Gasteiger partial charge in [-0.3, -0.25) is 4.79 Å². The fourth-order valence-electron chi connectivity index (χ4n) is 2.37. The fourth-order valence-corrected chi connectivity index (χ4v) is 2.86. The van der Waals surface area contributed by atoms with Crippen LogP contribution < -0.4 is 5.32 Å². The predicted molar refractivity (Wildman–Crippen MR) is 95.0 cm³/mol. The van der Waals surface area contributed by atoms with Gasteiger partial charge in [-0.15, -0.1) is 0 Å². The second kappa shape index (κ2) is 6.04. The Morgan fingerprint density at radius 1 is 1.17 bits per heavy atom. The molecule has 0 fully saturated rings. The van der Waals surface area contributed by atoms with Crippen molar-refractivity contribution in [1.82, 2.24) is 0 Å². The van der Waals surface area contributed by atoms with Gasteiger partial charge in [0.05, 0.1) is 11.3 Å². The van der Waals surface area contributed by atoms with Crippen LogP contribution in [0.5, 0.6) is 0 Å². The van der Waals surface area contributed by atoms with E-state index in [0.717, 1.165) is 14.5 Å². The van der Waals surface area contributed by atoms with Crippen LogP contribution in [-0.4, -0.2) is 17.0 Å². The van der Waals surface area contributed by atoms with Crippen LogP contribution in [0.2, 0.25) is 0 Å². The summed E-state index contributed by atoms with van der Waals surface area (Å²) in [4.78, 5) is 23.8. The number of hydrogen-bond donors (Lipinski definition) is 2. The summed E-state index contributed by atoms with van der Waals surface area (Å²) in [5.41, 5.74) is 1.62. The Morgan fingerprint density at radius 2 is 1.91 bits per heavy atom. The van der Waals surface area contributed by atoms with E-state index in [9.17, 15) is 14.7 Å². The molecular formula is C17H12INO4. The molecule has 2 aromatic carbocycles. The number of anilines is 1. The lowest BCUT2D eigenvalue weighted by Gasteiger charge is -2.08. The van der Waals surface area contributed by atoms with E-state index >= 15 is 0 Å². The summed E-state index contributed by atoms with van der Waals surface area (Å²) in [5, 5.41) is 12.7. The molecule has 0 unspecified atom stereocenters. The zero-order chi connectivity index (χ0) is 16.6. The van der Waals surface area contributed by atoms with E-state index in [4.69, 9.17) is 4.42 Å². The number of furan rings is 1. The molecule has 0 aliphatic carbocycles. The minimum absolute atomic E-state index is 0.0408. The first-order chi connectivity index (χ1) is 11.0. The topological polar surface area (TPSA) is 79.5 Å². The third kappa shape index (κ3) is 2.94. The van der Waals surface area contributed by atoms with Crippen molar-refractivity contribution in [3.8, 4) is 0 Å². The first-order valence-electron chi connectivity index (χ1n) is 6.79. The Morgan fingerprint density at radius 3 is 2.61 bits per heavy atom. The molecular weight excluding hydrogens is 409 g/mol. The number of halogens is 1. The summed E-state index contributed by atoms with van der Waals surface area (Å²) < 4.78 is 6.37. The maximum atomic E-state index is 12.5. The predicted octanol–water partition coefficient (Wildman–Crippen LogP) is 4.30. The molecule has 5 nitrogen and oxygen atoms in total. The molecule has 116 valence electrons. The maximum absolute atomic E-state index is 12.5. The Bertz CT molecular complexity index is 929. The van der Waals surface area contributed by atoms with Gasteiger partial charge in [0, 0.05) is 14.5 Å². The number of carboxylic acids is 1. The highest BCUT2D eigenvalue weighted by molar-refractivity contribution is 14.1. The van der Waals surface area contributed by atoms with Crippen molar-refractivity contribution in [3.63, 3.8) is 0 Å². The molecule has 23 heavy (non-hydrogen) atoms. The molecule has 0 bridgehead atoms. The highest BCUT2D eigenvalue weighted by atomic mass is 127. The number of amides is 1. The maximum Gasteiger partial charge on any atom is 0.337 e. The first-order valence-corrected chi connectivity index (χ1v) is 7.87. The number of nitrogens with one attached hydrogen (secondary N) is 1. The highest BCUT2D eigenvalue weighted by Gasteiger charge is 2.20. The van der Waals surface area contributed by atoms with E-state index in [2.05, 4.69) is 5.32 Å². The molecule has 1 heterocycles. The summed E-state index contributed by atoms with van der Waals surface area (Å²) in [6, 6.07) is 12.2. The summed E-state index contributed by atoms with van der Waals surface area (Å²) >= 11 is 2.02.